The average molecular weight is 308 g/mol. The van der Waals surface area contributed by atoms with Crippen molar-refractivity contribution in [3.63, 3.8) is 0 Å². The van der Waals surface area contributed by atoms with Gasteiger partial charge in [0.2, 0.25) is 0 Å². The average Bonchev–Trinajstić information content (AvgIpc) is 2.68. The molecule has 9 nitrogen and oxygen atoms in total. The summed E-state index contributed by atoms with van der Waals surface area (Å²) in [5, 5.41) is 0. The van der Waals surface area contributed by atoms with Crippen LogP contribution in [0.25, 0.3) is 0 Å². The molecule has 2 rings (SSSR count). The third-order valence-corrected chi connectivity index (χ3v) is 2.67. The second-order valence-electron chi connectivity index (χ2n) is 4.47. The highest BCUT2D eigenvalue weighted by atomic mass is 31.2. The van der Waals surface area contributed by atoms with E-state index in [1.165, 1.54) is 4.57 Å². The molecule has 2 atom stereocenters. The van der Waals surface area contributed by atoms with Gasteiger partial charge < -0.3 is 19.4 Å². The van der Waals surface area contributed by atoms with Gasteiger partial charge in [-0.2, -0.15) is 0 Å². The summed E-state index contributed by atoms with van der Waals surface area (Å²) in [6.45, 7) is 3.65. The van der Waals surface area contributed by atoms with Gasteiger partial charge in [0.1, 0.15) is 6.23 Å². The standard InChI is InChI=1S/C10H14N2O3.H3O4P/c1-6-5-12(10(14)11-9(6)13)8-4-3-7(2)15-8;1-5(2,3)4/h5,7-8H,3-4H2,1-2H3,(H,11,13,14);(H3,1,2,3,4)/t7-,8-;/m1./s1. The minimum Gasteiger partial charge on any atom is -0.355 e. The Labute approximate surface area is 114 Å². The summed E-state index contributed by atoms with van der Waals surface area (Å²) < 4.78 is 15.9. The van der Waals surface area contributed by atoms with E-state index in [0.29, 0.717) is 5.56 Å². The van der Waals surface area contributed by atoms with E-state index in [2.05, 4.69) is 4.98 Å². The third kappa shape index (κ3) is 5.40. The lowest BCUT2D eigenvalue weighted by Crippen LogP contribution is -2.33. The van der Waals surface area contributed by atoms with E-state index in [-0.39, 0.29) is 17.9 Å². The monoisotopic (exact) mass is 308 g/mol. The summed E-state index contributed by atoms with van der Waals surface area (Å²) in [5.74, 6) is 0. The van der Waals surface area contributed by atoms with Crippen molar-refractivity contribution in [1.29, 1.82) is 0 Å². The molecule has 4 N–H and O–H groups in total. The molecule has 0 radical (unpaired) electrons. The van der Waals surface area contributed by atoms with Gasteiger partial charge in [0, 0.05) is 11.8 Å². The molecule has 114 valence electrons. The summed E-state index contributed by atoms with van der Waals surface area (Å²) in [6.07, 6.45) is 3.25. The van der Waals surface area contributed by atoms with Crippen molar-refractivity contribution in [3.05, 3.63) is 32.6 Å². The molecule has 0 amide bonds. The fraction of sp³-hybridized carbons (Fsp3) is 0.600. The van der Waals surface area contributed by atoms with E-state index in [9.17, 15) is 9.59 Å². The first-order chi connectivity index (χ1) is 9.08. The van der Waals surface area contributed by atoms with Gasteiger partial charge in [-0.15, -0.1) is 0 Å². The van der Waals surface area contributed by atoms with Crippen LogP contribution in [-0.4, -0.2) is 30.3 Å². The van der Waals surface area contributed by atoms with Crippen LogP contribution in [0.4, 0.5) is 0 Å². The zero-order valence-corrected chi connectivity index (χ0v) is 11.9. The van der Waals surface area contributed by atoms with E-state index in [1.807, 2.05) is 6.92 Å². The molecular formula is C10H17N2O7P. The number of nitrogens with one attached hydrogen (secondary N) is 1. The molecule has 1 fully saturated rings. The summed E-state index contributed by atoms with van der Waals surface area (Å²) in [5.41, 5.74) is -0.204. The minimum absolute atomic E-state index is 0.175. The first kappa shape index (κ1) is 16.8. The quantitative estimate of drug-likeness (QED) is 0.518. The number of hydrogen-bond acceptors (Lipinski definition) is 4. The van der Waals surface area contributed by atoms with E-state index in [1.54, 1.807) is 13.1 Å². The normalized spacial score (nSPS) is 22.2. The largest absolute Gasteiger partial charge is 0.466 e. The van der Waals surface area contributed by atoms with Crippen LogP contribution in [0.1, 0.15) is 31.6 Å². The van der Waals surface area contributed by atoms with E-state index < -0.39 is 13.5 Å². The Kier molecular flexibility index (Phi) is 5.43. The van der Waals surface area contributed by atoms with Crippen molar-refractivity contribution >= 4 is 7.82 Å². The molecule has 0 aromatic carbocycles. The van der Waals surface area contributed by atoms with Gasteiger partial charge in [0.15, 0.2) is 0 Å². The number of ether oxygens (including phenoxy) is 1. The van der Waals surface area contributed by atoms with Crippen LogP contribution < -0.4 is 11.2 Å². The molecular weight excluding hydrogens is 291 g/mol. The Balaban J connectivity index is 0.000000347. The van der Waals surface area contributed by atoms with Crippen molar-refractivity contribution in [2.45, 2.75) is 39.0 Å². The summed E-state index contributed by atoms with van der Waals surface area (Å²) in [4.78, 5) is 46.5. The van der Waals surface area contributed by atoms with Gasteiger partial charge in [-0.05, 0) is 26.7 Å². The zero-order chi connectivity index (χ0) is 15.5. The van der Waals surface area contributed by atoms with Gasteiger partial charge in [0.05, 0.1) is 6.10 Å². The molecule has 1 aliphatic heterocycles. The van der Waals surface area contributed by atoms with Crippen LogP contribution in [0.15, 0.2) is 15.8 Å². The Morgan fingerprint density at radius 1 is 1.35 bits per heavy atom. The smallest absolute Gasteiger partial charge is 0.355 e. The molecule has 1 saturated heterocycles. The first-order valence-electron chi connectivity index (χ1n) is 5.83. The molecule has 0 aliphatic carbocycles. The maximum Gasteiger partial charge on any atom is 0.466 e. The Bertz CT molecular complexity index is 609. The fourth-order valence-corrected chi connectivity index (χ4v) is 1.79. The molecule has 1 aromatic heterocycles. The van der Waals surface area contributed by atoms with Crippen molar-refractivity contribution in [2.75, 3.05) is 0 Å². The van der Waals surface area contributed by atoms with E-state index in [0.717, 1.165) is 12.8 Å². The van der Waals surface area contributed by atoms with Crippen LogP contribution in [0.3, 0.4) is 0 Å². The van der Waals surface area contributed by atoms with Gasteiger partial charge >= 0.3 is 13.5 Å². The highest BCUT2D eigenvalue weighted by molar-refractivity contribution is 7.45. The first-order valence-corrected chi connectivity index (χ1v) is 7.40. The lowest BCUT2D eigenvalue weighted by atomic mass is 10.2. The number of aromatic nitrogens is 2. The van der Waals surface area contributed by atoms with Gasteiger partial charge in [0.25, 0.3) is 5.56 Å². The van der Waals surface area contributed by atoms with Gasteiger partial charge in [-0.25, -0.2) is 9.36 Å². The zero-order valence-electron chi connectivity index (χ0n) is 11.0. The van der Waals surface area contributed by atoms with Gasteiger partial charge in [-0.3, -0.25) is 14.3 Å². The number of aryl methyl sites for hydroxylation is 1. The predicted molar refractivity (Wildman–Crippen MR) is 69.1 cm³/mol. The summed E-state index contributed by atoms with van der Waals surface area (Å²) >= 11 is 0. The Morgan fingerprint density at radius 3 is 2.35 bits per heavy atom. The molecule has 10 heteroatoms. The summed E-state index contributed by atoms with van der Waals surface area (Å²) in [6, 6.07) is 0. The van der Waals surface area contributed by atoms with Crippen molar-refractivity contribution in [1.82, 2.24) is 9.55 Å². The van der Waals surface area contributed by atoms with Crippen LogP contribution in [0, 0.1) is 6.92 Å². The van der Waals surface area contributed by atoms with Crippen LogP contribution in [0.2, 0.25) is 0 Å². The molecule has 1 aromatic rings. The van der Waals surface area contributed by atoms with Gasteiger partial charge in [-0.1, -0.05) is 0 Å². The van der Waals surface area contributed by atoms with Crippen LogP contribution in [0.5, 0.6) is 0 Å². The highest BCUT2D eigenvalue weighted by Gasteiger charge is 2.24. The second kappa shape index (κ2) is 6.47. The molecule has 0 unspecified atom stereocenters. The predicted octanol–water partition coefficient (Wildman–Crippen LogP) is -0.386. The number of phosphoric acid groups is 1. The fourth-order valence-electron chi connectivity index (χ4n) is 1.79. The Morgan fingerprint density at radius 2 is 1.90 bits per heavy atom. The van der Waals surface area contributed by atoms with Crippen LogP contribution in [-0.2, 0) is 9.30 Å². The number of rotatable bonds is 1. The SMILES string of the molecule is Cc1cn([C@H]2CC[C@@H](C)O2)c(=O)[nH]c1=O.O=P(O)(O)O. The maximum atomic E-state index is 11.5. The topological polar surface area (TPSA) is 142 Å². The molecule has 20 heavy (non-hydrogen) atoms. The maximum absolute atomic E-state index is 11.5. The number of H-pyrrole nitrogens is 1. The Hall–Kier alpha value is -1.25. The van der Waals surface area contributed by atoms with Crippen molar-refractivity contribution < 1.29 is 24.0 Å². The van der Waals surface area contributed by atoms with Crippen LogP contribution >= 0.6 is 7.82 Å². The van der Waals surface area contributed by atoms with Crippen molar-refractivity contribution in [3.8, 4) is 0 Å². The minimum atomic E-state index is -4.64. The number of nitrogens with zero attached hydrogens (tertiary/aromatic N) is 1. The second-order valence-corrected chi connectivity index (χ2v) is 5.50. The molecule has 0 saturated carbocycles. The van der Waals surface area contributed by atoms with E-state index >= 15 is 0 Å². The molecule has 1 aliphatic rings. The van der Waals surface area contributed by atoms with Crippen molar-refractivity contribution in [2.24, 2.45) is 0 Å². The van der Waals surface area contributed by atoms with E-state index in [4.69, 9.17) is 24.0 Å². The highest BCUT2D eigenvalue weighted by Crippen LogP contribution is 2.26. The summed E-state index contributed by atoms with van der Waals surface area (Å²) in [7, 11) is -4.64. The lowest BCUT2D eigenvalue weighted by Gasteiger charge is -2.14. The molecule has 2 heterocycles. The number of aromatic amines is 1. The third-order valence-electron chi connectivity index (χ3n) is 2.67. The molecule has 0 spiro atoms. The number of hydrogen-bond donors (Lipinski definition) is 4. The molecule has 0 bridgehead atoms. The lowest BCUT2D eigenvalue weighted by molar-refractivity contribution is 0.00780.